The van der Waals surface area contributed by atoms with Crippen LogP contribution in [0.3, 0.4) is 0 Å². The highest BCUT2D eigenvalue weighted by Gasteiger charge is 2.21. The van der Waals surface area contributed by atoms with Crippen molar-refractivity contribution < 1.29 is 0 Å². The van der Waals surface area contributed by atoms with Gasteiger partial charge < -0.3 is 0 Å². The Kier molecular flexibility index (Phi) is 15.0. The molecular weight excluding hydrogens is 1360 g/mol. The maximum atomic E-state index is 5.33. The Morgan fingerprint density at radius 1 is 0.159 bits per heavy atom. The van der Waals surface area contributed by atoms with E-state index in [-0.39, 0.29) is 0 Å². The van der Waals surface area contributed by atoms with Crippen LogP contribution in [0.2, 0.25) is 0 Å². The third-order valence-electron chi connectivity index (χ3n) is 20.7. The molecule has 0 radical (unpaired) electrons. The van der Waals surface area contributed by atoms with Crippen molar-refractivity contribution in [2.45, 2.75) is 0 Å². The van der Waals surface area contributed by atoms with Gasteiger partial charge in [-0.05, 0) is 122 Å². The third-order valence-corrected chi connectivity index (χ3v) is 24.1. The van der Waals surface area contributed by atoms with Crippen LogP contribution in [0.5, 0.6) is 0 Å². The lowest BCUT2D eigenvalue weighted by Gasteiger charge is -2.13. The minimum atomic E-state index is 0.907. The number of thiophene rings is 3. The molecule has 0 fully saturated rings. The molecule has 0 aliphatic rings. The molecule has 6 aromatic heterocycles. The molecular formula is C98H58N6S3. The van der Waals surface area contributed by atoms with Gasteiger partial charge in [-0.15, -0.1) is 34.0 Å². The molecule has 6 nitrogen and oxygen atoms in total. The number of benzene rings is 17. The van der Waals surface area contributed by atoms with Crippen LogP contribution in [0.4, 0.5) is 0 Å². The number of hydrogen-bond donors (Lipinski definition) is 0. The van der Waals surface area contributed by atoms with Crippen LogP contribution in [0.1, 0.15) is 0 Å². The van der Waals surface area contributed by atoms with Gasteiger partial charge >= 0.3 is 0 Å². The molecule has 23 rings (SSSR count). The lowest BCUT2D eigenvalue weighted by Crippen LogP contribution is -1.96. The highest BCUT2D eigenvalue weighted by molar-refractivity contribution is 7.26. The third kappa shape index (κ3) is 10.9. The van der Waals surface area contributed by atoms with Crippen LogP contribution < -0.4 is 0 Å². The van der Waals surface area contributed by atoms with Gasteiger partial charge in [-0.1, -0.05) is 273 Å². The van der Waals surface area contributed by atoms with Gasteiger partial charge in [0.25, 0.3) is 0 Å². The van der Waals surface area contributed by atoms with Crippen molar-refractivity contribution in [3.8, 4) is 67.5 Å². The Labute approximate surface area is 626 Å². The number of nitrogens with zero attached hydrogens (tertiary/aromatic N) is 6. The summed E-state index contributed by atoms with van der Waals surface area (Å²) in [6.07, 6.45) is 0. The molecule has 107 heavy (non-hydrogen) atoms. The SMILES string of the molecule is c1ccc(-c2nc3c(ccc4ccccc43)nc2-c2ccc3ccc4sc5ccccc5c4c3c2)cc1.c1ccc(-c2nc3ccc4ccccc4c3nc2-c2ccc3ccc4sc5ccccc5c4c3c2)cc1.c1ccc(-c2nc3ccccc3nc2-c2ccc3ccc4sc5ccccc5c4c3c2)cc1. The largest absolute Gasteiger partial charge is 0.244 e. The van der Waals surface area contributed by atoms with Gasteiger partial charge in [0.1, 0.15) is 0 Å². The molecule has 9 heteroatoms. The molecule has 0 aliphatic heterocycles. The highest BCUT2D eigenvalue weighted by atomic mass is 32.1. The highest BCUT2D eigenvalue weighted by Crippen LogP contribution is 2.46. The summed E-state index contributed by atoms with van der Waals surface area (Å²) in [6, 6.07) is 124. The van der Waals surface area contributed by atoms with Crippen molar-refractivity contribution in [2.24, 2.45) is 0 Å². The second-order valence-corrected chi connectivity index (χ2v) is 30.3. The Hall–Kier alpha value is -13.3. The van der Waals surface area contributed by atoms with E-state index in [4.69, 9.17) is 29.9 Å². The molecule has 0 N–H and O–H groups in total. The van der Waals surface area contributed by atoms with E-state index in [0.717, 1.165) is 111 Å². The predicted octanol–water partition coefficient (Wildman–Crippen LogP) is 27.8. The number of fused-ring (bicyclic) bond motifs is 22. The fourth-order valence-electron chi connectivity index (χ4n) is 15.6. The van der Waals surface area contributed by atoms with Crippen LogP contribution in [-0.4, -0.2) is 29.9 Å². The lowest BCUT2D eigenvalue weighted by atomic mass is 9.97. The summed E-state index contributed by atoms with van der Waals surface area (Å²) in [7, 11) is 0. The topological polar surface area (TPSA) is 77.3 Å². The predicted molar refractivity (Wildman–Crippen MR) is 457 cm³/mol. The van der Waals surface area contributed by atoms with Crippen LogP contribution in [-0.2, 0) is 0 Å². The maximum Gasteiger partial charge on any atom is 0.0973 e. The maximum absolute atomic E-state index is 5.33. The van der Waals surface area contributed by atoms with Crippen LogP contribution in [0.15, 0.2) is 352 Å². The lowest BCUT2D eigenvalue weighted by molar-refractivity contribution is 1.29. The molecule has 0 atom stereocenters. The van der Waals surface area contributed by atoms with E-state index in [1.807, 2.05) is 76.5 Å². The van der Waals surface area contributed by atoms with Crippen molar-refractivity contribution >= 4 is 181 Å². The van der Waals surface area contributed by atoms with Crippen molar-refractivity contribution in [3.05, 3.63) is 352 Å². The zero-order valence-electron chi connectivity index (χ0n) is 57.4. The molecule has 6 heterocycles. The summed E-state index contributed by atoms with van der Waals surface area (Å²) in [5.41, 5.74) is 17.4. The summed E-state index contributed by atoms with van der Waals surface area (Å²) in [4.78, 5) is 31.2. The fraction of sp³-hybridized carbons (Fsp3) is 0. The average Bonchev–Trinajstić information content (AvgIpc) is 1.74. The first-order valence-corrected chi connectivity index (χ1v) is 38.3. The number of hydrogen-bond acceptors (Lipinski definition) is 9. The second-order valence-electron chi connectivity index (χ2n) is 27.1. The van der Waals surface area contributed by atoms with E-state index < -0.39 is 0 Å². The van der Waals surface area contributed by atoms with Crippen molar-refractivity contribution in [1.82, 2.24) is 29.9 Å². The molecule has 0 saturated heterocycles. The fourth-order valence-corrected chi connectivity index (χ4v) is 19.0. The minimum absolute atomic E-state index is 0.907. The summed E-state index contributed by atoms with van der Waals surface area (Å²) >= 11 is 5.56. The number of para-hydroxylation sites is 2. The Morgan fingerprint density at radius 3 is 0.794 bits per heavy atom. The van der Waals surface area contributed by atoms with Gasteiger partial charge in [-0.2, -0.15) is 0 Å². The molecule has 17 aromatic carbocycles. The average molecular weight is 1420 g/mol. The summed E-state index contributed by atoms with van der Waals surface area (Å²) < 4.78 is 7.89. The Bertz CT molecular complexity index is 7520. The van der Waals surface area contributed by atoms with Crippen molar-refractivity contribution in [3.63, 3.8) is 0 Å². The molecule has 0 aliphatic carbocycles. The normalized spacial score (nSPS) is 11.7. The Balaban J connectivity index is 0.000000103. The van der Waals surface area contributed by atoms with Gasteiger partial charge in [0.2, 0.25) is 0 Å². The molecule has 0 unspecified atom stereocenters. The zero-order chi connectivity index (χ0) is 70.5. The minimum Gasteiger partial charge on any atom is -0.244 e. The first kappa shape index (κ1) is 62.3. The molecule has 0 saturated carbocycles. The smallest absolute Gasteiger partial charge is 0.0973 e. The van der Waals surface area contributed by atoms with Crippen molar-refractivity contribution in [1.29, 1.82) is 0 Å². The first-order chi connectivity index (χ1) is 53.0. The van der Waals surface area contributed by atoms with E-state index in [2.05, 4.69) is 309 Å². The van der Waals surface area contributed by atoms with Crippen molar-refractivity contribution in [2.75, 3.05) is 0 Å². The quantitative estimate of drug-likeness (QED) is 0.154. The van der Waals surface area contributed by atoms with E-state index in [1.165, 1.54) is 104 Å². The molecule has 0 spiro atoms. The molecule has 23 aromatic rings. The zero-order valence-corrected chi connectivity index (χ0v) is 59.8. The standard InChI is InChI=1S/2C34H20N2S.C30H18N2S/c1-2-9-23(10-3-1)32-33(35-28-18-16-21-8-4-5-11-25(21)34(28)36-32)24-15-14-22-17-19-30-31(27(22)20-24)26-12-6-7-13-29(26)37-30;1-2-9-23(10-3-1)32-33(36-34-25-11-5-4-8-21(25)16-18-28(34)35-32)24-15-14-22-17-19-30-31(27(22)20-24)26-12-6-7-13-29(26)37-30;1-2-8-20(9-3-1)29-30(32-25-12-6-5-11-24(25)31-29)21-15-14-19-16-17-27-28(23(19)18-21)22-10-4-7-13-26(22)33-27/h2*1-20H;1-18H. The second kappa shape index (κ2) is 25.8. The number of rotatable bonds is 6. The molecule has 0 bridgehead atoms. The van der Waals surface area contributed by atoms with E-state index in [1.54, 1.807) is 0 Å². The van der Waals surface area contributed by atoms with Gasteiger partial charge in [-0.3, -0.25) is 0 Å². The van der Waals surface area contributed by atoms with Crippen LogP contribution in [0.25, 0.3) is 215 Å². The number of aromatic nitrogens is 6. The van der Waals surface area contributed by atoms with E-state index >= 15 is 0 Å². The van der Waals surface area contributed by atoms with E-state index in [9.17, 15) is 0 Å². The summed E-state index contributed by atoms with van der Waals surface area (Å²) in [6.45, 7) is 0. The Morgan fingerprint density at radius 2 is 0.421 bits per heavy atom. The summed E-state index contributed by atoms with van der Waals surface area (Å²) in [5.74, 6) is 0. The van der Waals surface area contributed by atoms with E-state index in [0.29, 0.717) is 0 Å². The van der Waals surface area contributed by atoms with Crippen LogP contribution >= 0.6 is 34.0 Å². The molecule has 0 amide bonds. The van der Waals surface area contributed by atoms with Gasteiger partial charge in [0.15, 0.2) is 0 Å². The van der Waals surface area contributed by atoms with Crippen LogP contribution in [0, 0.1) is 0 Å². The summed E-state index contributed by atoms with van der Waals surface area (Å²) in [5, 5.41) is 20.0. The first-order valence-electron chi connectivity index (χ1n) is 35.9. The monoisotopic (exact) mass is 1410 g/mol. The van der Waals surface area contributed by atoms with Gasteiger partial charge in [0.05, 0.1) is 67.3 Å². The van der Waals surface area contributed by atoms with Gasteiger partial charge in [0, 0.05) is 105 Å². The molecule has 498 valence electrons. The van der Waals surface area contributed by atoms with Gasteiger partial charge in [-0.25, -0.2) is 29.9 Å².